The van der Waals surface area contributed by atoms with Crippen molar-refractivity contribution in [3.63, 3.8) is 0 Å². The van der Waals surface area contributed by atoms with E-state index in [9.17, 15) is 0 Å². The van der Waals surface area contributed by atoms with E-state index in [1.807, 2.05) is 12.1 Å². The molecule has 1 aromatic heterocycles. The fraction of sp³-hybridized carbons (Fsp3) is 0.333. The molecule has 0 saturated carbocycles. The number of para-hydroxylation sites is 1. The first-order valence-corrected chi connectivity index (χ1v) is 5.72. The lowest BCUT2D eigenvalue weighted by molar-refractivity contribution is 0.560. The summed E-state index contributed by atoms with van der Waals surface area (Å²) in [5.41, 5.74) is 9.23. The number of fused-ring (bicyclic) bond motifs is 1. The summed E-state index contributed by atoms with van der Waals surface area (Å²) in [6, 6.07) is 6.02. The van der Waals surface area contributed by atoms with E-state index in [0.717, 1.165) is 36.8 Å². The second kappa shape index (κ2) is 3.76. The van der Waals surface area contributed by atoms with Crippen LogP contribution in [0.5, 0.6) is 0 Å². The lowest BCUT2D eigenvalue weighted by Gasteiger charge is -2.31. The Balaban J connectivity index is 1.97. The molecule has 0 fully saturated rings. The van der Waals surface area contributed by atoms with Crippen LogP contribution in [0.4, 0.5) is 11.4 Å². The van der Waals surface area contributed by atoms with Gasteiger partial charge in [-0.05, 0) is 18.6 Å². The molecule has 2 N–H and O–H groups in total. The SMILES string of the molecule is Cc1cccc(N)c1N1CCn2cnnc2C1. The molecule has 3 rings (SSSR count). The van der Waals surface area contributed by atoms with Crippen LogP contribution in [0, 0.1) is 6.92 Å². The number of aromatic nitrogens is 3. The van der Waals surface area contributed by atoms with Crippen LogP contribution < -0.4 is 10.6 Å². The fourth-order valence-electron chi connectivity index (χ4n) is 2.37. The Kier molecular flexibility index (Phi) is 2.24. The normalized spacial score (nSPS) is 14.8. The van der Waals surface area contributed by atoms with Crippen LogP contribution >= 0.6 is 0 Å². The van der Waals surface area contributed by atoms with Crippen LogP contribution in [-0.2, 0) is 13.1 Å². The van der Waals surface area contributed by atoms with Crippen molar-refractivity contribution in [3.05, 3.63) is 35.9 Å². The summed E-state index contributed by atoms with van der Waals surface area (Å²) in [6.07, 6.45) is 1.79. The van der Waals surface area contributed by atoms with Crippen LogP contribution in [-0.4, -0.2) is 21.3 Å². The van der Waals surface area contributed by atoms with Gasteiger partial charge in [-0.2, -0.15) is 0 Å². The predicted molar refractivity (Wildman–Crippen MR) is 66.7 cm³/mol. The Labute approximate surface area is 99.9 Å². The molecule has 5 nitrogen and oxygen atoms in total. The number of benzene rings is 1. The second-order valence-electron chi connectivity index (χ2n) is 4.37. The van der Waals surface area contributed by atoms with Gasteiger partial charge >= 0.3 is 0 Å². The van der Waals surface area contributed by atoms with Gasteiger partial charge in [0.1, 0.15) is 6.33 Å². The van der Waals surface area contributed by atoms with E-state index in [4.69, 9.17) is 5.73 Å². The third kappa shape index (κ3) is 1.63. The van der Waals surface area contributed by atoms with Crippen LogP contribution in [0.1, 0.15) is 11.4 Å². The molecule has 0 unspecified atom stereocenters. The maximum absolute atomic E-state index is 6.06. The van der Waals surface area contributed by atoms with E-state index < -0.39 is 0 Å². The van der Waals surface area contributed by atoms with E-state index in [1.165, 1.54) is 5.56 Å². The van der Waals surface area contributed by atoms with Gasteiger partial charge in [-0.25, -0.2) is 0 Å². The molecule has 88 valence electrons. The van der Waals surface area contributed by atoms with Crippen molar-refractivity contribution in [2.45, 2.75) is 20.0 Å². The van der Waals surface area contributed by atoms with E-state index in [-0.39, 0.29) is 0 Å². The fourth-order valence-corrected chi connectivity index (χ4v) is 2.37. The summed E-state index contributed by atoms with van der Waals surface area (Å²) in [4.78, 5) is 2.27. The average Bonchev–Trinajstić information content (AvgIpc) is 2.76. The summed E-state index contributed by atoms with van der Waals surface area (Å²) in [5.74, 6) is 0.999. The highest BCUT2D eigenvalue weighted by Gasteiger charge is 2.20. The first-order chi connectivity index (χ1) is 8.25. The number of nitrogens with two attached hydrogens (primary N) is 1. The molecule has 0 radical (unpaired) electrons. The van der Waals surface area contributed by atoms with Gasteiger partial charge in [0.05, 0.1) is 17.9 Å². The lowest BCUT2D eigenvalue weighted by atomic mass is 10.1. The van der Waals surface area contributed by atoms with E-state index in [2.05, 4.69) is 32.7 Å². The topological polar surface area (TPSA) is 60.0 Å². The van der Waals surface area contributed by atoms with Crippen LogP contribution in [0.3, 0.4) is 0 Å². The largest absolute Gasteiger partial charge is 0.397 e. The highest BCUT2D eigenvalue weighted by molar-refractivity contribution is 5.71. The van der Waals surface area contributed by atoms with E-state index in [0.29, 0.717) is 0 Å². The van der Waals surface area contributed by atoms with Crippen molar-refractivity contribution in [3.8, 4) is 0 Å². The zero-order valence-electron chi connectivity index (χ0n) is 9.80. The quantitative estimate of drug-likeness (QED) is 0.746. The van der Waals surface area contributed by atoms with Gasteiger partial charge in [-0.3, -0.25) is 0 Å². The molecular formula is C12H15N5. The number of aryl methyl sites for hydroxylation is 1. The Morgan fingerprint density at radius 3 is 3.00 bits per heavy atom. The minimum absolute atomic E-state index is 0.773. The molecule has 0 atom stereocenters. The Bertz CT molecular complexity index is 525. The first-order valence-electron chi connectivity index (χ1n) is 5.72. The highest BCUT2D eigenvalue weighted by Crippen LogP contribution is 2.29. The predicted octanol–water partition coefficient (Wildman–Crippen LogP) is 1.19. The monoisotopic (exact) mass is 229 g/mol. The van der Waals surface area contributed by atoms with E-state index >= 15 is 0 Å². The maximum atomic E-state index is 6.06. The van der Waals surface area contributed by atoms with Gasteiger partial charge in [0.25, 0.3) is 0 Å². The molecule has 0 saturated heterocycles. The summed E-state index contributed by atoms with van der Waals surface area (Å²) >= 11 is 0. The average molecular weight is 229 g/mol. The molecule has 2 aromatic rings. The van der Waals surface area contributed by atoms with Gasteiger partial charge in [-0.15, -0.1) is 10.2 Å². The lowest BCUT2D eigenvalue weighted by Crippen LogP contribution is -2.34. The number of anilines is 2. The van der Waals surface area contributed by atoms with Crippen molar-refractivity contribution in [2.24, 2.45) is 0 Å². The van der Waals surface area contributed by atoms with Crippen LogP contribution in [0.25, 0.3) is 0 Å². The minimum Gasteiger partial charge on any atom is -0.397 e. The zero-order valence-corrected chi connectivity index (χ0v) is 9.80. The Morgan fingerprint density at radius 2 is 2.18 bits per heavy atom. The second-order valence-corrected chi connectivity index (χ2v) is 4.37. The number of rotatable bonds is 1. The molecule has 0 spiro atoms. The van der Waals surface area contributed by atoms with E-state index in [1.54, 1.807) is 6.33 Å². The summed E-state index contributed by atoms with van der Waals surface area (Å²) in [5, 5.41) is 8.05. The highest BCUT2D eigenvalue weighted by atomic mass is 15.3. The van der Waals surface area contributed by atoms with Crippen molar-refractivity contribution in [1.82, 2.24) is 14.8 Å². The number of hydrogen-bond acceptors (Lipinski definition) is 4. The Morgan fingerprint density at radius 1 is 1.29 bits per heavy atom. The summed E-state index contributed by atoms with van der Waals surface area (Å²) in [7, 11) is 0. The van der Waals surface area contributed by atoms with Gasteiger partial charge in [-0.1, -0.05) is 12.1 Å². The molecule has 5 heteroatoms. The first kappa shape index (κ1) is 10.1. The smallest absolute Gasteiger partial charge is 0.152 e. The molecule has 1 aliphatic rings. The molecule has 0 bridgehead atoms. The number of nitrogen functional groups attached to an aromatic ring is 1. The van der Waals surface area contributed by atoms with Crippen molar-refractivity contribution < 1.29 is 0 Å². The van der Waals surface area contributed by atoms with Crippen molar-refractivity contribution in [2.75, 3.05) is 17.2 Å². The van der Waals surface area contributed by atoms with Gasteiger partial charge in [0.2, 0.25) is 0 Å². The third-order valence-electron chi connectivity index (χ3n) is 3.22. The minimum atomic E-state index is 0.773. The molecular weight excluding hydrogens is 214 g/mol. The Hall–Kier alpha value is -2.04. The molecule has 1 aliphatic heterocycles. The van der Waals surface area contributed by atoms with Crippen molar-refractivity contribution in [1.29, 1.82) is 0 Å². The third-order valence-corrected chi connectivity index (χ3v) is 3.22. The van der Waals surface area contributed by atoms with Gasteiger partial charge in [0, 0.05) is 13.1 Å². The summed E-state index contributed by atoms with van der Waals surface area (Å²) in [6.45, 7) is 4.72. The molecule has 1 aromatic carbocycles. The van der Waals surface area contributed by atoms with Crippen LogP contribution in [0.15, 0.2) is 24.5 Å². The molecule has 0 amide bonds. The van der Waals surface area contributed by atoms with Crippen LogP contribution in [0.2, 0.25) is 0 Å². The molecule has 0 aliphatic carbocycles. The van der Waals surface area contributed by atoms with Crippen molar-refractivity contribution >= 4 is 11.4 Å². The summed E-state index contributed by atoms with van der Waals surface area (Å²) < 4.78 is 2.09. The van der Waals surface area contributed by atoms with Gasteiger partial charge in [0.15, 0.2) is 5.82 Å². The van der Waals surface area contributed by atoms with Gasteiger partial charge < -0.3 is 15.2 Å². The molecule has 2 heterocycles. The number of hydrogen-bond donors (Lipinski definition) is 1. The molecule has 17 heavy (non-hydrogen) atoms. The number of nitrogens with zero attached hydrogens (tertiary/aromatic N) is 4. The standard InChI is InChI=1S/C12H15N5/c1-9-3-2-4-10(13)12(9)16-5-6-17-8-14-15-11(17)7-16/h2-4,8H,5-7,13H2,1H3. The zero-order chi connectivity index (χ0) is 11.8. The maximum Gasteiger partial charge on any atom is 0.152 e.